The second kappa shape index (κ2) is 7.62. The predicted molar refractivity (Wildman–Crippen MR) is 106 cm³/mol. The molecule has 3 rings (SSSR count). The third-order valence-electron chi connectivity index (χ3n) is 4.19. The van der Waals surface area contributed by atoms with Gasteiger partial charge in [0, 0.05) is 0 Å². The summed E-state index contributed by atoms with van der Waals surface area (Å²) in [5.74, 6) is -0.0134. The second-order valence-corrected chi connectivity index (χ2v) is 6.25. The zero-order valence-corrected chi connectivity index (χ0v) is 15.3. The number of hydrogen-bond donors (Lipinski definition) is 1. The summed E-state index contributed by atoms with van der Waals surface area (Å²) in [6, 6.07) is 29.9. The number of hydrogen-bond acceptors (Lipinski definition) is 1. The molecule has 0 spiro atoms. The van der Waals surface area contributed by atoms with E-state index in [1.54, 1.807) is 0 Å². The number of amides is 1. The van der Waals surface area contributed by atoms with E-state index in [2.05, 4.69) is 27.9 Å². The molecule has 3 heteroatoms. The van der Waals surface area contributed by atoms with Crippen molar-refractivity contribution in [3.8, 4) is 0 Å². The van der Waals surface area contributed by atoms with Gasteiger partial charge in [0.2, 0.25) is 5.91 Å². The number of nitrogens with one attached hydrogen (secondary N) is 1. The molecular weight excluding hydrogens is 409 g/mol. The van der Waals surface area contributed by atoms with Gasteiger partial charge in [-0.25, -0.2) is 0 Å². The highest BCUT2D eigenvalue weighted by Gasteiger charge is 2.43. The Morgan fingerprint density at radius 2 is 1.04 bits per heavy atom. The van der Waals surface area contributed by atoms with E-state index in [9.17, 15) is 4.79 Å². The van der Waals surface area contributed by atoms with Gasteiger partial charge in [0.1, 0.15) is 5.41 Å². The number of halogens is 1. The van der Waals surface area contributed by atoms with E-state index in [0.29, 0.717) is 4.55 Å². The summed E-state index contributed by atoms with van der Waals surface area (Å²) < 4.78 is 0.560. The van der Waals surface area contributed by atoms with Crippen LogP contribution < -0.4 is 5.32 Å². The molecule has 0 radical (unpaired) electrons. The minimum Gasteiger partial charge on any atom is -0.346 e. The first-order valence-corrected chi connectivity index (χ1v) is 9.33. The van der Waals surface area contributed by atoms with Crippen molar-refractivity contribution in [1.29, 1.82) is 0 Å². The molecule has 0 unspecified atom stereocenters. The minimum atomic E-state index is -0.866. The lowest BCUT2D eigenvalue weighted by atomic mass is 9.68. The lowest BCUT2D eigenvalue weighted by Gasteiger charge is -2.34. The Morgan fingerprint density at radius 1 is 0.708 bits per heavy atom. The molecule has 0 aromatic heterocycles. The van der Waals surface area contributed by atoms with Gasteiger partial charge in [-0.1, -0.05) is 114 Å². The summed E-state index contributed by atoms with van der Waals surface area (Å²) >= 11 is 2.17. The minimum absolute atomic E-state index is 0.0134. The van der Waals surface area contributed by atoms with E-state index < -0.39 is 5.41 Å². The van der Waals surface area contributed by atoms with E-state index in [-0.39, 0.29) is 5.91 Å². The standard InChI is InChI=1S/C21H18INO/c22-16-23-20(24)21(17-10-4-1-5-11-17,18-12-6-2-7-13-18)19-14-8-3-9-15-19/h1-15H,16H2,(H,23,24). The van der Waals surface area contributed by atoms with Crippen LogP contribution in [0.2, 0.25) is 0 Å². The van der Waals surface area contributed by atoms with Crippen LogP contribution in [0.3, 0.4) is 0 Å². The Bertz CT molecular complexity index is 691. The summed E-state index contributed by atoms with van der Waals surface area (Å²) in [6.07, 6.45) is 0. The molecule has 3 aromatic rings. The van der Waals surface area contributed by atoms with E-state index in [1.807, 2.05) is 91.0 Å². The quantitative estimate of drug-likeness (QED) is 0.276. The van der Waals surface area contributed by atoms with Crippen LogP contribution in [0, 0.1) is 0 Å². The van der Waals surface area contributed by atoms with Gasteiger partial charge < -0.3 is 5.32 Å². The predicted octanol–water partition coefficient (Wildman–Crippen LogP) is 4.53. The molecule has 0 aliphatic rings. The van der Waals surface area contributed by atoms with Crippen LogP contribution >= 0.6 is 22.6 Å². The molecule has 3 aromatic carbocycles. The summed E-state index contributed by atoms with van der Waals surface area (Å²) in [6.45, 7) is 0. The van der Waals surface area contributed by atoms with Crippen molar-refractivity contribution in [2.24, 2.45) is 0 Å². The lowest BCUT2D eigenvalue weighted by molar-refractivity contribution is -0.123. The van der Waals surface area contributed by atoms with Crippen molar-refractivity contribution in [2.45, 2.75) is 5.41 Å². The molecule has 2 nitrogen and oxygen atoms in total. The highest BCUT2D eigenvalue weighted by atomic mass is 127. The van der Waals surface area contributed by atoms with Gasteiger partial charge >= 0.3 is 0 Å². The van der Waals surface area contributed by atoms with Gasteiger partial charge in [-0.05, 0) is 16.7 Å². The topological polar surface area (TPSA) is 29.1 Å². The molecule has 0 saturated carbocycles. The van der Waals surface area contributed by atoms with Crippen molar-refractivity contribution in [1.82, 2.24) is 5.32 Å². The maximum atomic E-state index is 13.4. The summed E-state index contributed by atoms with van der Waals surface area (Å²) in [4.78, 5) is 13.4. The van der Waals surface area contributed by atoms with E-state index >= 15 is 0 Å². The Hall–Kier alpha value is -2.14. The molecule has 24 heavy (non-hydrogen) atoms. The Balaban J connectivity index is 2.35. The van der Waals surface area contributed by atoms with Crippen LogP contribution in [0.15, 0.2) is 91.0 Å². The van der Waals surface area contributed by atoms with Crippen molar-refractivity contribution in [3.05, 3.63) is 108 Å². The van der Waals surface area contributed by atoms with E-state index in [0.717, 1.165) is 16.7 Å². The largest absolute Gasteiger partial charge is 0.346 e. The average Bonchev–Trinajstić information content (AvgIpc) is 2.65. The van der Waals surface area contributed by atoms with Gasteiger partial charge in [-0.15, -0.1) is 0 Å². The zero-order valence-electron chi connectivity index (χ0n) is 13.2. The number of benzene rings is 3. The first-order valence-electron chi connectivity index (χ1n) is 7.81. The first kappa shape index (κ1) is 16.7. The Kier molecular flexibility index (Phi) is 5.30. The highest BCUT2D eigenvalue weighted by molar-refractivity contribution is 14.1. The van der Waals surface area contributed by atoms with Crippen LogP contribution in [0.25, 0.3) is 0 Å². The van der Waals surface area contributed by atoms with E-state index in [1.165, 1.54) is 0 Å². The summed E-state index contributed by atoms with van der Waals surface area (Å²) in [5, 5.41) is 3.03. The number of carbonyl (C=O) groups excluding carboxylic acids is 1. The highest BCUT2D eigenvalue weighted by Crippen LogP contribution is 2.39. The van der Waals surface area contributed by atoms with Gasteiger partial charge in [-0.2, -0.15) is 0 Å². The average molecular weight is 427 g/mol. The first-order chi connectivity index (χ1) is 11.8. The molecule has 120 valence electrons. The third-order valence-corrected chi connectivity index (χ3v) is 4.57. The smallest absolute Gasteiger partial charge is 0.240 e. The van der Waals surface area contributed by atoms with Crippen LogP contribution in [0.1, 0.15) is 16.7 Å². The van der Waals surface area contributed by atoms with Gasteiger partial charge in [0.25, 0.3) is 0 Å². The fraction of sp³-hybridized carbons (Fsp3) is 0.0952. The number of carbonyl (C=O) groups is 1. The number of rotatable bonds is 5. The monoisotopic (exact) mass is 427 g/mol. The molecule has 0 heterocycles. The molecule has 0 aliphatic heterocycles. The normalized spacial score (nSPS) is 11.0. The maximum absolute atomic E-state index is 13.4. The van der Waals surface area contributed by atoms with Gasteiger partial charge in [-0.3, -0.25) is 4.79 Å². The molecule has 0 fully saturated rings. The third kappa shape index (κ3) is 2.96. The van der Waals surface area contributed by atoms with Gasteiger partial charge in [0.15, 0.2) is 0 Å². The molecule has 0 aliphatic carbocycles. The van der Waals surface area contributed by atoms with Crippen LogP contribution in [0.4, 0.5) is 0 Å². The number of alkyl halides is 1. The van der Waals surface area contributed by atoms with Gasteiger partial charge in [0.05, 0.1) is 4.55 Å². The molecule has 1 N–H and O–H groups in total. The van der Waals surface area contributed by atoms with Crippen molar-refractivity contribution in [2.75, 3.05) is 4.55 Å². The Morgan fingerprint density at radius 3 is 1.33 bits per heavy atom. The van der Waals surface area contributed by atoms with Crippen molar-refractivity contribution >= 4 is 28.5 Å². The molecular formula is C21H18INO. The molecule has 0 saturated heterocycles. The second-order valence-electron chi connectivity index (χ2n) is 5.49. The van der Waals surface area contributed by atoms with E-state index in [4.69, 9.17) is 0 Å². The molecule has 0 atom stereocenters. The van der Waals surface area contributed by atoms with Crippen molar-refractivity contribution < 1.29 is 4.79 Å². The fourth-order valence-electron chi connectivity index (χ4n) is 3.15. The molecule has 0 bridgehead atoms. The molecule has 1 amide bonds. The summed E-state index contributed by atoms with van der Waals surface area (Å²) in [5.41, 5.74) is 2.02. The van der Waals surface area contributed by atoms with Crippen LogP contribution in [-0.4, -0.2) is 10.5 Å². The van der Waals surface area contributed by atoms with Crippen molar-refractivity contribution in [3.63, 3.8) is 0 Å². The fourth-order valence-corrected chi connectivity index (χ4v) is 3.50. The van der Waals surface area contributed by atoms with Crippen LogP contribution in [0.5, 0.6) is 0 Å². The maximum Gasteiger partial charge on any atom is 0.240 e. The Labute approximate surface area is 156 Å². The zero-order chi connectivity index (χ0) is 16.8. The SMILES string of the molecule is O=C(NCI)C(c1ccccc1)(c1ccccc1)c1ccccc1. The lowest BCUT2D eigenvalue weighted by Crippen LogP contribution is -2.45. The summed E-state index contributed by atoms with van der Waals surface area (Å²) in [7, 11) is 0. The van der Waals surface area contributed by atoms with Crippen LogP contribution in [-0.2, 0) is 10.2 Å².